The Bertz CT molecular complexity index is 628. The van der Waals surface area contributed by atoms with Crippen molar-refractivity contribution in [2.75, 3.05) is 20.3 Å². The van der Waals surface area contributed by atoms with Gasteiger partial charge in [0.15, 0.2) is 11.5 Å². The molecule has 0 amide bonds. The van der Waals surface area contributed by atoms with Gasteiger partial charge in [-0.3, -0.25) is 4.98 Å². The lowest BCUT2D eigenvalue weighted by Crippen LogP contribution is -2.18. The summed E-state index contributed by atoms with van der Waals surface area (Å²) in [6.45, 7) is 3.50. The molecule has 2 aromatic rings. The van der Waals surface area contributed by atoms with E-state index in [0.717, 1.165) is 23.5 Å². The van der Waals surface area contributed by atoms with Crippen molar-refractivity contribution >= 4 is 0 Å². The maximum atomic E-state index is 5.78. The maximum Gasteiger partial charge on any atom is 0.161 e. The fraction of sp³-hybridized carbons (Fsp3) is 0.353. The Balaban J connectivity index is 1.98. The molecule has 0 saturated heterocycles. The van der Waals surface area contributed by atoms with Crippen LogP contribution in [-0.2, 0) is 0 Å². The summed E-state index contributed by atoms with van der Waals surface area (Å²) in [4.78, 5) is 4.17. The minimum absolute atomic E-state index is 0.116. The van der Waals surface area contributed by atoms with Crippen LogP contribution < -0.4 is 14.8 Å². The summed E-state index contributed by atoms with van der Waals surface area (Å²) >= 11 is 0. The molecule has 1 aromatic carbocycles. The highest BCUT2D eigenvalue weighted by molar-refractivity contribution is 5.46. The van der Waals surface area contributed by atoms with Crippen LogP contribution in [-0.4, -0.2) is 25.2 Å². The predicted molar refractivity (Wildman–Crippen MR) is 81.9 cm³/mol. The molecule has 4 heteroatoms. The van der Waals surface area contributed by atoms with Crippen LogP contribution in [0.15, 0.2) is 36.7 Å². The fourth-order valence-electron chi connectivity index (χ4n) is 2.67. The number of nitrogens with zero attached hydrogens (tertiary/aromatic N) is 1. The second-order valence-corrected chi connectivity index (χ2v) is 5.21. The van der Waals surface area contributed by atoms with Crippen LogP contribution in [0.25, 0.3) is 0 Å². The van der Waals surface area contributed by atoms with Crippen molar-refractivity contribution in [1.29, 1.82) is 0 Å². The summed E-state index contributed by atoms with van der Waals surface area (Å²) in [6, 6.07) is 8.33. The first-order chi connectivity index (χ1) is 10.3. The van der Waals surface area contributed by atoms with Crippen molar-refractivity contribution < 1.29 is 9.47 Å². The summed E-state index contributed by atoms with van der Waals surface area (Å²) in [6.07, 6.45) is 4.64. The Morgan fingerprint density at radius 3 is 2.71 bits per heavy atom. The van der Waals surface area contributed by atoms with Crippen LogP contribution in [0.5, 0.6) is 11.5 Å². The largest absolute Gasteiger partial charge is 0.490 e. The SMILES string of the molecule is CNC(c1ccc2c(c1)OCCCO2)c1ccncc1C. The summed E-state index contributed by atoms with van der Waals surface area (Å²) < 4.78 is 11.5. The first-order valence-corrected chi connectivity index (χ1v) is 7.27. The van der Waals surface area contributed by atoms with Crippen molar-refractivity contribution in [2.45, 2.75) is 19.4 Å². The lowest BCUT2D eigenvalue weighted by atomic mass is 9.96. The van der Waals surface area contributed by atoms with Gasteiger partial charge in [-0.15, -0.1) is 0 Å². The molecular formula is C17H20N2O2. The summed E-state index contributed by atoms with van der Waals surface area (Å²) in [5.41, 5.74) is 3.56. The van der Waals surface area contributed by atoms with Gasteiger partial charge in [0.05, 0.1) is 19.3 Å². The van der Waals surface area contributed by atoms with Crippen LogP contribution >= 0.6 is 0 Å². The Hall–Kier alpha value is -2.07. The van der Waals surface area contributed by atoms with E-state index in [1.165, 1.54) is 11.1 Å². The van der Waals surface area contributed by atoms with Gasteiger partial charge in [-0.05, 0) is 48.9 Å². The Morgan fingerprint density at radius 2 is 1.95 bits per heavy atom. The fourth-order valence-corrected chi connectivity index (χ4v) is 2.67. The number of hydrogen-bond acceptors (Lipinski definition) is 4. The quantitative estimate of drug-likeness (QED) is 0.941. The molecule has 2 heterocycles. The molecule has 0 saturated carbocycles. The van der Waals surface area contributed by atoms with Gasteiger partial charge in [0, 0.05) is 18.8 Å². The van der Waals surface area contributed by atoms with E-state index in [-0.39, 0.29) is 6.04 Å². The lowest BCUT2D eigenvalue weighted by Gasteiger charge is -2.20. The topological polar surface area (TPSA) is 43.4 Å². The van der Waals surface area contributed by atoms with Crippen molar-refractivity contribution in [1.82, 2.24) is 10.3 Å². The van der Waals surface area contributed by atoms with Gasteiger partial charge in [0.1, 0.15) is 0 Å². The number of aryl methyl sites for hydroxylation is 1. The summed E-state index contributed by atoms with van der Waals surface area (Å²) in [5.74, 6) is 1.66. The number of rotatable bonds is 3. The zero-order valence-electron chi connectivity index (χ0n) is 12.4. The Kier molecular flexibility index (Phi) is 4.06. The number of aromatic nitrogens is 1. The van der Waals surface area contributed by atoms with Crippen molar-refractivity contribution in [3.8, 4) is 11.5 Å². The molecule has 1 N–H and O–H groups in total. The van der Waals surface area contributed by atoms with Gasteiger partial charge in [-0.1, -0.05) is 6.07 Å². The molecule has 1 atom stereocenters. The minimum atomic E-state index is 0.116. The number of fused-ring (bicyclic) bond motifs is 1. The standard InChI is InChI=1S/C17H20N2O2/c1-12-11-19-7-6-14(12)17(18-2)13-4-5-15-16(10-13)21-9-3-8-20-15/h4-7,10-11,17-18H,3,8-9H2,1-2H3. The van der Waals surface area contributed by atoms with Crippen molar-refractivity contribution in [2.24, 2.45) is 0 Å². The molecule has 0 spiro atoms. The van der Waals surface area contributed by atoms with Gasteiger partial charge < -0.3 is 14.8 Å². The summed E-state index contributed by atoms with van der Waals surface area (Å²) in [7, 11) is 1.97. The monoisotopic (exact) mass is 284 g/mol. The number of hydrogen-bond donors (Lipinski definition) is 1. The zero-order chi connectivity index (χ0) is 14.7. The van der Waals surface area contributed by atoms with Crippen LogP contribution in [0.4, 0.5) is 0 Å². The molecule has 0 radical (unpaired) electrons. The average Bonchev–Trinajstić information content (AvgIpc) is 2.75. The van der Waals surface area contributed by atoms with Crippen molar-refractivity contribution in [3.05, 3.63) is 53.3 Å². The Morgan fingerprint density at radius 1 is 1.14 bits per heavy atom. The zero-order valence-corrected chi connectivity index (χ0v) is 12.4. The smallest absolute Gasteiger partial charge is 0.161 e. The number of ether oxygens (including phenoxy) is 2. The Labute approximate surface area is 125 Å². The molecule has 1 aliphatic rings. The highest BCUT2D eigenvalue weighted by Crippen LogP contribution is 2.34. The van der Waals surface area contributed by atoms with Crippen LogP contribution in [0.2, 0.25) is 0 Å². The van der Waals surface area contributed by atoms with E-state index in [0.29, 0.717) is 13.2 Å². The van der Waals surface area contributed by atoms with Gasteiger partial charge >= 0.3 is 0 Å². The second kappa shape index (κ2) is 6.14. The molecule has 0 aliphatic carbocycles. The van der Waals surface area contributed by atoms with E-state index in [1.807, 2.05) is 25.5 Å². The lowest BCUT2D eigenvalue weighted by molar-refractivity contribution is 0.297. The molecule has 21 heavy (non-hydrogen) atoms. The third-order valence-corrected chi connectivity index (χ3v) is 3.77. The van der Waals surface area contributed by atoms with E-state index < -0.39 is 0 Å². The third kappa shape index (κ3) is 2.85. The molecule has 3 rings (SSSR count). The maximum absolute atomic E-state index is 5.78. The minimum Gasteiger partial charge on any atom is -0.490 e. The van der Waals surface area contributed by atoms with E-state index in [2.05, 4.69) is 35.4 Å². The first kappa shape index (κ1) is 13.9. The number of nitrogens with one attached hydrogen (secondary N) is 1. The van der Waals surface area contributed by atoms with Gasteiger partial charge in [-0.25, -0.2) is 0 Å². The van der Waals surface area contributed by atoms with Gasteiger partial charge in [-0.2, -0.15) is 0 Å². The van der Waals surface area contributed by atoms with E-state index in [4.69, 9.17) is 9.47 Å². The van der Waals surface area contributed by atoms with E-state index in [9.17, 15) is 0 Å². The number of benzene rings is 1. The third-order valence-electron chi connectivity index (χ3n) is 3.77. The van der Waals surface area contributed by atoms with E-state index in [1.54, 1.807) is 0 Å². The number of pyridine rings is 1. The molecule has 0 bridgehead atoms. The highest BCUT2D eigenvalue weighted by Gasteiger charge is 2.18. The summed E-state index contributed by atoms with van der Waals surface area (Å²) in [5, 5.41) is 3.37. The first-order valence-electron chi connectivity index (χ1n) is 7.27. The molecule has 1 aliphatic heterocycles. The molecular weight excluding hydrogens is 264 g/mol. The molecule has 1 unspecified atom stereocenters. The molecule has 4 nitrogen and oxygen atoms in total. The van der Waals surface area contributed by atoms with Gasteiger partial charge in [0.2, 0.25) is 0 Å². The average molecular weight is 284 g/mol. The molecule has 1 aromatic heterocycles. The predicted octanol–water partition coefficient (Wildman–Crippen LogP) is 2.86. The normalized spacial score (nSPS) is 15.3. The second-order valence-electron chi connectivity index (χ2n) is 5.21. The molecule has 110 valence electrons. The van der Waals surface area contributed by atoms with Gasteiger partial charge in [0.25, 0.3) is 0 Å². The van der Waals surface area contributed by atoms with Crippen LogP contribution in [0, 0.1) is 6.92 Å². The van der Waals surface area contributed by atoms with Crippen LogP contribution in [0.1, 0.15) is 29.2 Å². The highest BCUT2D eigenvalue weighted by atomic mass is 16.5. The van der Waals surface area contributed by atoms with Crippen molar-refractivity contribution in [3.63, 3.8) is 0 Å². The van der Waals surface area contributed by atoms with Crippen LogP contribution in [0.3, 0.4) is 0 Å². The molecule has 0 fully saturated rings. The van der Waals surface area contributed by atoms with E-state index >= 15 is 0 Å².